The first-order valence-electron chi connectivity index (χ1n) is 1.34. The summed E-state index contributed by atoms with van der Waals surface area (Å²) in [6.07, 6.45) is 0. The number of hydrogen-bond acceptors (Lipinski definition) is 1. The van der Waals surface area contributed by atoms with Crippen LogP contribution in [0.2, 0.25) is 0 Å². The van der Waals surface area contributed by atoms with E-state index < -0.39 is 0 Å². The van der Waals surface area contributed by atoms with Gasteiger partial charge in [0.1, 0.15) is 4.11 Å². The molecule has 0 saturated heterocycles. The molecule has 0 aliphatic heterocycles. The zero-order chi connectivity index (χ0) is 6.28. The molecule has 0 aromatic heterocycles. The molecule has 1 nitrogen and oxygen atoms in total. The van der Waals surface area contributed by atoms with E-state index in [2.05, 4.69) is 41.8 Å². The minimum atomic E-state index is -0.159. The molecule has 0 aromatic rings. The molecule has 1 unspecified atom stereocenters. The van der Waals surface area contributed by atoms with Crippen LogP contribution in [0.25, 0.3) is 0 Å². The molecule has 0 bridgehead atoms. The van der Waals surface area contributed by atoms with E-state index in [0.717, 1.165) is 4.43 Å². The van der Waals surface area contributed by atoms with Crippen molar-refractivity contribution in [2.24, 2.45) is 0 Å². The average molecular weight is 473 g/mol. The maximum absolute atomic E-state index is 8.34. The van der Waals surface area contributed by atoms with Crippen molar-refractivity contribution in [3.05, 3.63) is 0 Å². The Morgan fingerprint density at radius 1 is 1.57 bits per heavy atom. The molecule has 0 radical (unpaired) electrons. The Labute approximate surface area is 92.8 Å². The van der Waals surface area contributed by atoms with Gasteiger partial charge in [0.15, 0.2) is 0 Å². The molecule has 0 saturated carbocycles. The third-order valence-corrected chi connectivity index (χ3v) is 3.09. The predicted octanol–water partition coefficient (Wildman–Crippen LogP) is 2.06. The summed E-state index contributed by atoms with van der Waals surface area (Å²) in [6.45, 7) is 0. The monoisotopic (exact) mass is 473 g/mol. The second kappa shape index (κ2) is 11.6. The third-order valence-electron chi connectivity index (χ3n) is 0.127. The number of halogens is 3. The topological polar surface area (TPSA) is 20.2 Å². The van der Waals surface area contributed by atoms with Crippen LogP contribution in [0, 0.1) is 0 Å². The normalized spacial score (nSPS) is 11.3. The maximum atomic E-state index is 8.34. The molecule has 1 N–H and O–H groups in total. The van der Waals surface area contributed by atoms with Crippen LogP contribution in [0.4, 0.5) is 0 Å². The number of hydrogen-bond donors (Lipinski definition) is 1. The van der Waals surface area contributed by atoms with Gasteiger partial charge in [-0.1, -0.05) is 45.2 Å². The van der Waals surface area contributed by atoms with Crippen LogP contribution >= 0.6 is 64.4 Å². The van der Waals surface area contributed by atoms with Gasteiger partial charge in [-0.3, -0.25) is 0 Å². The standard InChI is InChI=1S/C2H4I2O.HI.Ti/c3-1-2(4)5;;/h2,5H,1H2;1H;/q;;+1/p-1. The Bertz CT molecular complexity index is 26.9. The molecule has 0 aliphatic rings. The van der Waals surface area contributed by atoms with Gasteiger partial charge in [-0.15, -0.1) is 0 Å². The summed E-state index contributed by atoms with van der Waals surface area (Å²) < 4.78 is 0.659. The zero-order valence-electron chi connectivity index (χ0n) is 3.37. The van der Waals surface area contributed by atoms with Crippen LogP contribution in [-0.2, 0) is 16.7 Å². The quantitative estimate of drug-likeness (QED) is 0.352. The van der Waals surface area contributed by atoms with Crippen LogP contribution < -0.4 is 0 Å². The summed E-state index contributed by atoms with van der Waals surface area (Å²) in [5, 5.41) is 8.34. The van der Waals surface area contributed by atoms with E-state index in [0.29, 0.717) is 0 Å². The molecule has 0 rings (SSSR count). The van der Waals surface area contributed by atoms with E-state index >= 15 is 0 Å². The first-order chi connectivity index (χ1) is 3.27. The molecule has 0 fully saturated rings. The Morgan fingerprint density at radius 3 is 1.71 bits per heavy atom. The van der Waals surface area contributed by atoms with Crippen molar-refractivity contribution in [1.29, 1.82) is 0 Å². The molecule has 0 amide bonds. The summed E-state index contributed by atoms with van der Waals surface area (Å²) in [6, 6.07) is 0. The van der Waals surface area contributed by atoms with Gasteiger partial charge in [0.2, 0.25) is 0 Å². The van der Waals surface area contributed by atoms with E-state index in [1.807, 2.05) is 39.3 Å². The van der Waals surface area contributed by atoms with Gasteiger partial charge in [0.25, 0.3) is 0 Å². The number of aliphatic hydroxyl groups is 1. The van der Waals surface area contributed by atoms with Crippen LogP contribution in [0.3, 0.4) is 0 Å². The summed E-state index contributed by atoms with van der Waals surface area (Å²) in [5.74, 6) is 0. The number of rotatable bonds is 1. The van der Waals surface area contributed by atoms with Crippen LogP contribution in [0.15, 0.2) is 0 Å². The van der Waals surface area contributed by atoms with Crippen molar-refractivity contribution in [3.8, 4) is 0 Å². The fourth-order valence-electron chi connectivity index (χ4n) is 0. The molecular weight excluding hydrogens is 469 g/mol. The Kier molecular flexibility index (Phi) is 20.8. The van der Waals surface area contributed by atoms with Crippen molar-refractivity contribution >= 4 is 64.4 Å². The summed E-state index contributed by atoms with van der Waals surface area (Å²) in [5.41, 5.74) is 0. The summed E-state index contributed by atoms with van der Waals surface area (Å²) >= 11 is 8.19. The van der Waals surface area contributed by atoms with Crippen molar-refractivity contribution in [2.75, 3.05) is 4.43 Å². The van der Waals surface area contributed by atoms with Gasteiger partial charge in [0, 0.05) is 4.43 Å². The fourth-order valence-corrected chi connectivity index (χ4v) is 0. The van der Waals surface area contributed by atoms with E-state index in [9.17, 15) is 0 Å². The Balaban J connectivity index is 0. The van der Waals surface area contributed by atoms with Gasteiger partial charge in [-0.25, -0.2) is 0 Å². The van der Waals surface area contributed by atoms with Crippen molar-refractivity contribution in [1.82, 2.24) is 0 Å². The van der Waals surface area contributed by atoms with Crippen molar-refractivity contribution < 1.29 is 21.8 Å². The SMILES string of the molecule is OC(I)CI.[Ti][I]. The third kappa shape index (κ3) is 17.7. The van der Waals surface area contributed by atoms with Crippen LogP contribution in [0.1, 0.15) is 0 Å². The predicted molar refractivity (Wildman–Crippen MR) is 52.9 cm³/mol. The van der Waals surface area contributed by atoms with E-state index in [1.165, 1.54) is 0 Å². The van der Waals surface area contributed by atoms with Gasteiger partial charge >= 0.3 is 35.9 Å². The van der Waals surface area contributed by atoms with Crippen LogP contribution in [0.5, 0.6) is 0 Å². The first kappa shape index (κ1) is 12.5. The molecule has 5 heteroatoms. The Morgan fingerprint density at radius 2 is 1.71 bits per heavy atom. The van der Waals surface area contributed by atoms with Gasteiger partial charge in [-0.2, -0.15) is 0 Å². The fraction of sp³-hybridized carbons (Fsp3) is 1.00. The molecule has 7 heavy (non-hydrogen) atoms. The molecule has 1 atom stereocenters. The second-order valence-electron chi connectivity index (χ2n) is 0.589. The Hall–Kier alpha value is 2.86. The second-order valence-corrected chi connectivity index (χ2v) is 2.91. The molecule has 0 aliphatic carbocycles. The molecule has 0 spiro atoms. The van der Waals surface area contributed by atoms with Gasteiger partial charge in [-0.05, 0) is 0 Å². The number of alkyl halides is 2. The number of aliphatic hydroxyl groups excluding tert-OH is 1. The molecular formula is C2H4I3OTi. The molecule has 0 heterocycles. The average Bonchev–Trinajstić information content (AvgIpc) is 1.73. The van der Waals surface area contributed by atoms with E-state index in [-0.39, 0.29) is 4.11 Å². The van der Waals surface area contributed by atoms with Crippen molar-refractivity contribution in [3.63, 3.8) is 0 Å². The zero-order valence-corrected chi connectivity index (χ0v) is 11.4. The van der Waals surface area contributed by atoms with E-state index in [4.69, 9.17) is 5.11 Å². The van der Waals surface area contributed by atoms with Crippen molar-refractivity contribution in [2.45, 2.75) is 4.11 Å². The van der Waals surface area contributed by atoms with E-state index in [1.54, 1.807) is 0 Å². The first-order valence-corrected chi connectivity index (χ1v) is 9.15. The van der Waals surface area contributed by atoms with Crippen LogP contribution in [-0.4, -0.2) is 13.6 Å². The molecule has 0 aromatic carbocycles. The van der Waals surface area contributed by atoms with Gasteiger partial charge < -0.3 is 5.11 Å². The molecule has 43 valence electrons. The summed E-state index contributed by atoms with van der Waals surface area (Å²) in [4.78, 5) is 0. The summed E-state index contributed by atoms with van der Waals surface area (Å²) in [7, 11) is 0. The van der Waals surface area contributed by atoms with Gasteiger partial charge in [0.05, 0.1) is 0 Å². The minimum absolute atomic E-state index is 0.159.